The molecule has 2 aliphatic rings. The van der Waals surface area contributed by atoms with Crippen LogP contribution in [-0.2, 0) is 11.8 Å². The molecule has 9 heteroatoms. The number of hydrogen-bond acceptors (Lipinski definition) is 6. The van der Waals surface area contributed by atoms with Crippen LogP contribution in [-0.4, -0.2) is 59.0 Å². The molecule has 0 aromatic carbocycles. The number of aromatic nitrogens is 1. The van der Waals surface area contributed by atoms with Crippen molar-refractivity contribution in [2.45, 2.75) is 40.0 Å². The topological polar surface area (TPSA) is 73.8 Å². The minimum absolute atomic E-state index is 0.0888. The number of pyridine rings is 1. The Morgan fingerprint density at radius 1 is 1.22 bits per heavy atom. The summed E-state index contributed by atoms with van der Waals surface area (Å²) in [5, 5.41) is 9.63. The van der Waals surface area contributed by atoms with Gasteiger partial charge in [-0.15, -0.1) is 0 Å². The molecule has 2 saturated heterocycles. The standard InChI is InChI=1S/C23H31N5O2S2/c1-5-7-8-9-28-22(30)19(32-23(28)31)14-17-16(3)18(15-24)21(29)25(4)20(17)27-12-10-26(6-2)11-13-27/h14H,5-13H2,1-4H3/p+1/b19-14-. The van der Waals surface area contributed by atoms with Gasteiger partial charge in [-0.05, 0) is 31.9 Å². The summed E-state index contributed by atoms with van der Waals surface area (Å²) in [4.78, 5) is 32.0. The van der Waals surface area contributed by atoms with E-state index < -0.39 is 0 Å². The van der Waals surface area contributed by atoms with Gasteiger partial charge in [0.05, 0.1) is 37.6 Å². The third-order valence-electron chi connectivity index (χ3n) is 6.37. The van der Waals surface area contributed by atoms with E-state index in [2.05, 4.69) is 24.8 Å². The smallest absolute Gasteiger partial charge is 0.270 e. The van der Waals surface area contributed by atoms with Gasteiger partial charge in [0.2, 0.25) is 0 Å². The zero-order chi connectivity index (χ0) is 23.4. The number of anilines is 1. The van der Waals surface area contributed by atoms with Crippen LogP contribution < -0.4 is 15.4 Å². The first kappa shape index (κ1) is 24.5. The highest BCUT2D eigenvalue weighted by molar-refractivity contribution is 8.26. The van der Waals surface area contributed by atoms with Crippen molar-refractivity contribution in [2.75, 3.05) is 44.2 Å². The van der Waals surface area contributed by atoms with Gasteiger partial charge in [0.25, 0.3) is 11.5 Å². The molecule has 7 nitrogen and oxygen atoms in total. The Labute approximate surface area is 199 Å². The molecule has 0 spiro atoms. The van der Waals surface area contributed by atoms with Crippen molar-refractivity contribution < 1.29 is 9.69 Å². The molecule has 0 bridgehead atoms. The first-order chi connectivity index (χ1) is 15.3. The molecule has 0 atom stereocenters. The third-order valence-corrected chi connectivity index (χ3v) is 7.75. The molecule has 2 aliphatic heterocycles. The van der Waals surface area contributed by atoms with Crippen molar-refractivity contribution in [2.24, 2.45) is 7.05 Å². The fourth-order valence-electron chi connectivity index (χ4n) is 4.33. The van der Waals surface area contributed by atoms with Gasteiger partial charge in [0.1, 0.15) is 21.8 Å². The summed E-state index contributed by atoms with van der Waals surface area (Å²) in [5.74, 6) is 0.687. The van der Waals surface area contributed by atoms with E-state index in [0.29, 0.717) is 21.3 Å². The van der Waals surface area contributed by atoms with Gasteiger partial charge in [-0.25, -0.2) is 0 Å². The summed E-state index contributed by atoms with van der Waals surface area (Å²) in [6, 6.07) is 2.07. The fraction of sp³-hybridized carbons (Fsp3) is 0.565. The SMILES string of the molecule is CCCCCN1C(=O)/C(=C/c2c(C)c(C#N)c(=O)n(C)c2N2CC[NH+](CC)CC2)SC1=S. The molecule has 0 radical (unpaired) electrons. The molecule has 172 valence electrons. The maximum absolute atomic E-state index is 13.1. The van der Waals surface area contributed by atoms with Crippen LogP contribution in [0.25, 0.3) is 6.08 Å². The molecule has 1 amide bonds. The predicted molar refractivity (Wildman–Crippen MR) is 134 cm³/mol. The number of unbranched alkanes of at least 4 members (excludes halogenated alkanes) is 2. The minimum atomic E-state index is -0.297. The Morgan fingerprint density at radius 2 is 1.91 bits per heavy atom. The number of quaternary nitrogens is 1. The molecule has 2 fully saturated rings. The van der Waals surface area contributed by atoms with Crippen molar-refractivity contribution in [1.29, 1.82) is 5.26 Å². The molecule has 0 saturated carbocycles. The number of amides is 1. The van der Waals surface area contributed by atoms with Gasteiger partial charge >= 0.3 is 0 Å². The van der Waals surface area contributed by atoms with Crippen molar-refractivity contribution in [3.63, 3.8) is 0 Å². The second kappa shape index (κ2) is 10.6. The molecular formula is C23H32N5O2S2+. The average molecular weight is 475 g/mol. The number of likely N-dealkylation sites (N-methyl/N-ethyl adjacent to an activating group) is 1. The summed E-state index contributed by atoms with van der Waals surface area (Å²) < 4.78 is 2.14. The second-order valence-electron chi connectivity index (χ2n) is 8.34. The summed E-state index contributed by atoms with van der Waals surface area (Å²) in [7, 11) is 1.71. The quantitative estimate of drug-likeness (QED) is 0.368. The Morgan fingerprint density at radius 3 is 2.50 bits per heavy atom. The number of carbonyl (C=O) groups excluding carboxylic acids is 1. The van der Waals surface area contributed by atoms with Crippen LogP contribution in [0.5, 0.6) is 0 Å². The van der Waals surface area contributed by atoms with Crippen molar-refractivity contribution in [3.05, 3.63) is 31.9 Å². The molecule has 1 aromatic rings. The second-order valence-corrected chi connectivity index (χ2v) is 10.0. The van der Waals surface area contributed by atoms with Crippen LogP contribution in [0.2, 0.25) is 0 Å². The number of thioether (sulfide) groups is 1. The van der Waals surface area contributed by atoms with E-state index in [1.165, 1.54) is 16.7 Å². The van der Waals surface area contributed by atoms with Gasteiger partial charge in [0, 0.05) is 19.2 Å². The van der Waals surface area contributed by atoms with Crippen LogP contribution >= 0.6 is 24.0 Å². The molecule has 0 aliphatic carbocycles. The summed E-state index contributed by atoms with van der Waals surface area (Å²) in [6.07, 6.45) is 4.89. The molecule has 0 unspecified atom stereocenters. The molecular weight excluding hydrogens is 442 g/mol. The maximum atomic E-state index is 13.1. The highest BCUT2D eigenvalue weighted by Gasteiger charge is 2.33. The largest absolute Gasteiger partial charge is 0.346 e. The normalized spacial score (nSPS) is 18.7. The van der Waals surface area contributed by atoms with Gasteiger partial charge in [-0.3, -0.25) is 19.1 Å². The van der Waals surface area contributed by atoms with E-state index in [4.69, 9.17) is 12.2 Å². The van der Waals surface area contributed by atoms with E-state index in [0.717, 1.165) is 63.4 Å². The van der Waals surface area contributed by atoms with Crippen LogP contribution in [0, 0.1) is 18.3 Å². The maximum Gasteiger partial charge on any atom is 0.270 e. The van der Waals surface area contributed by atoms with Crippen molar-refractivity contribution in [3.8, 4) is 6.07 Å². The number of carbonyl (C=O) groups is 1. The van der Waals surface area contributed by atoms with E-state index >= 15 is 0 Å². The number of thiocarbonyl (C=S) groups is 1. The van der Waals surface area contributed by atoms with E-state index in [9.17, 15) is 14.9 Å². The Balaban J connectivity index is 2.05. The fourth-order valence-corrected chi connectivity index (χ4v) is 5.62. The number of nitrogens with one attached hydrogen (secondary N) is 1. The molecule has 3 rings (SSSR count). The summed E-state index contributed by atoms with van der Waals surface area (Å²) in [5.41, 5.74) is 1.21. The first-order valence-corrected chi connectivity index (χ1v) is 12.5. The lowest BCUT2D eigenvalue weighted by Crippen LogP contribution is -3.14. The van der Waals surface area contributed by atoms with Crippen LogP contribution in [0.15, 0.2) is 9.70 Å². The monoisotopic (exact) mass is 474 g/mol. The van der Waals surface area contributed by atoms with Crippen LogP contribution in [0.1, 0.15) is 49.8 Å². The van der Waals surface area contributed by atoms with E-state index in [-0.39, 0.29) is 17.0 Å². The number of piperazine rings is 1. The van der Waals surface area contributed by atoms with E-state index in [1.54, 1.807) is 23.4 Å². The number of nitriles is 1. The zero-order valence-corrected chi connectivity index (χ0v) is 21.0. The number of nitrogens with zero attached hydrogens (tertiary/aromatic N) is 4. The minimum Gasteiger partial charge on any atom is -0.346 e. The molecule has 1 aromatic heterocycles. The lowest BCUT2D eigenvalue weighted by molar-refractivity contribution is -0.898. The Hall–Kier alpha value is -2.15. The number of hydrogen-bond donors (Lipinski definition) is 1. The van der Waals surface area contributed by atoms with Crippen molar-refractivity contribution >= 4 is 46.1 Å². The summed E-state index contributed by atoms with van der Waals surface area (Å²) >= 11 is 6.78. The van der Waals surface area contributed by atoms with Crippen molar-refractivity contribution in [1.82, 2.24) is 9.47 Å². The molecule has 32 heavy (non-hydrogen) atoms. The summed E-state index contributed by atoms with van der Waals surface area (Å²) in [6.45, 7) is 11.4. The number of rotatable bonds is 7. The van der Waals surface area contributed by atoms with Gasteiger partial charge < -0.3 is 9.80 Å². The molecule has 1 N–H and O–H groups in total. The average Bonchev–Trinajstić information content (AvgIpc) is 3.05. The Bertz CT molecular complexity index is 1030. The lowest BCUT2D eigenvalue weighted by Gasteiger charge is -2.35. The Kier molecular flexibility index (Phi) is 8.15. The van der Waals surface area contributed by atoms with E-state index in [1.807, 2.05) is 6.08 Å². The first-order valence-electron chi connectivity index (χ1n) is 11.3. The lowest BCUT2D eigenvalue weighted by atomic mass is 10.0. The highest BCUT2D eigenvalue weighted by atomic mass is 32.2. The molecule has 3 heterocycles. The third kappa shape index (κ3) is 4.77. The zero-order valence-electron chi connectivity index (χ0n) is 19.4. The highest BCUT2D eigenvalue weighted by Crippen LogP contribution is 2.35. The van der Waals surface area contributed by atoms with Gasteiger partial charge in [-0.2, -0.15) is 5.26 Å². The van der Waals surface area contributed by atoms with Gasteiger partial charge in [0.15, 0.2) is 0 Å². The van der Waals surface area contributed by atoms with Gasteiger partial charge in [-0.1, -0.05) is 43.7 Å². The predicted octanol–water partition coefficient (Wildman–Crippen LogP) is 1.68. The van der Waals surface area contributed by atoms with Crippen LogP contribution in [0.3, 0.4) is 0 Å². The van der Waals surface area contributed by atoms with Crippen LogP contribution in [0.4, 0.5) is 5.82 Å².